The van der Waals surface area contributed by atoms with Gasteiger partial charge >= 0.3 is 0 Å². The normalized spacial score (nSPS) is 10.1. The quantitative estimate of drug-likeness (QED) is 0.796. The van der Waals surface area contributed by atoms with Gasteiger partial charge in [0, 0.05) is 19.2 Å². The van der Waals surface area contributed by atoms with Gasteiger partial charge in [0.2, 0.25) is 0 Å². The van der Waals surface area contributed by atoms with Gasteiger partial charge in [0.15, 0.2) is 0 Å². The lowest BCUT2D eigenvalue weighted by atomic mass is 10.3. The van der Waals surface area contributed by atoms with Crippen LogP contribution in [0.25, 0.3) is 0 Å². The SMILES string of the molecule is Nc1cccnc1NCCc1ccco1. The van der Waals surface area contributed by atoms with Crippen LogP contribution in [0.2, 0.25) is 0 Å². The summed E-state index contributed by atoms with van der Waals surface area (Å²) in [5.41, 5.74) is 6.40. The van der Waals surface area contributed by atoms with E-state index in [0.717, 1.165) is 24.5 Å². The van der Waals surface area contributed by atoms with Crippen LogP contribution >= 0.6 is 0 Å². The van der Waals surface area contributed by atoms with Crippen molar-refractivity contribution in [3.63, 3.8) is 0 Å². The summed E-state index contributed by atoms with van der Waals surface area (Å²) in [6.07, 6.45) is 4.21. The number of nitrogens with two attached hydrogens (primary N) is 1. The van der Waals surface area contributed by atoms with E-state index < -0.39 is 0 Å². The highest BCUT2D eigenvalue weighted by atomic mass is 16.3. The number of pyridine rings is 1. The van der Waals surface area contributed by atoms with E-state index in [2.05, 4.69) is 10.3 Å². The van der Waals surface area contributed by atoms with Crippen LogP contribution in [0, 0.1) is 0 Å². The van der Waals surface area contributed by atoms with Gasteiger partial charge in [-0.3, -0.25) is 0 Å². The second-order valence-electron chi connectivity index (χ2n) is 3.20. The molecule has 4 heteroatoms. The Morgan fingerprint density at radius 2 is 2.27 bits per heavy atom. The number of nitrogen functional groups attached to an aromatic ring is 1. The third kappa shape index (κ3) is 2.49. The van der Waals surface area contributed by atoms with Gasteiger partial charge in [-0.25, -0.2) is 4.98 Å². The van der Waals surface area contributed by atoms with Gasteiger partial charge in [0.05, 0.1) is 12.0 Å². The lowest BCUT2D eigenvalue weighted by Crippen LogP contribution is -2.07. The molecule has 0 aliphatic carbocycles. The van der Waals surface area contributed by atoms with Gasteiger partial charge in [-0.05, 0) is 24.3 Å². The minimum atomic E-state index is 0.664. The van der Waals surface area contributed by atoms with E-state index in [4.69, 9.17) is 10.2 Å². The molecule has 2 heterocycles. The number of rotatable bonds is 4. The van der Waals surface area contributed by atoms with Crippen LogP contribution in [-0.4, -0.2) is 11.5 Å². The summed E-state index contributed by atoms with van der Waals surface area (Å²) in [4.78, 5) is 4.13. The molecule has 0 aliphatic rings. The predicted molar refractivity (Wildman–Crippen MR) is 59.6 cm³/mol. The summed E-state index contributed by atoms with van der Waals surface area (Å²) >= 11 is 0. The number of anilines is 2. The summed E-state index contributed by atoms with van der Waals surface area (Å²) < 4.78 is 5.21. The average Bonchev–Trinajstić information content (AvgIpc) is 2.74. The standard InChI is InChI=1S/C11H13N3O/c12-10-4-1-6-13-11(10)14-7-5-9-3-2-8-15-9/h1-4,6,8H,5,7,12H2,(H,13,14). The van der Waals surface area contributed by atoms with E-state index in [1.165, 1.54) is 0 Å². The fraction of sp³-hybridized carbons (Fsp3) is 0.182. The highest BCUT2D eigenvalue weighted by Crippen LogP contribution is 2.12. The molecule has 2 aromatic heterocycles. The fourth-order valence-electron chi connectivity index (χ4n) is 1.32. The topological polar surface area (TPSA) is 64.1 Å². The lowest BCUT2D eigenvalue weighted by Gasteiger charge is -2.06. The van der Waals surface area contributed by atoms with Crippen molar-refractivity contribution in [2.24, 2.45) is 0 Å². The first-order valence-corrected chi connectivity index (χ1v) is 4.83. The largest absolute Gasteiger partial charge is 0.469 e. The maximum atomic E-state index is 5.73. The van der Waals surface area contributed by atoms with Crippen molar-refractivity contribution >= 4 is 11.5 Å². The Balaban J connectivity index is 1.86. The molecule has 0 radical (unpaired) electrons. The van der Waals surface area contributed by atoms with Crippen molar-refractivity contribution in [1.82, 2.24) is 4.98 Å². The maximum absolute atomic E-state index is 5.73. The van der Waals surface area contributed by atoms with Gasteiger partial charge in [-0.2, -0.15) is 0 Å². The molecule has 0 spiro atoms. The molecule has 3 N–H and O–H groups in total. The number of hydrogen-bond acceptors (Lipinski definition) is 4. The Bertz CT molecular complexity index is 412. The van der Waals surface area contributed by atoms with Crippen molar-refractivity contribution < 1.29 is 4.42 Å². The van der Waals surface area contributed by atoms with Gasteiger partial charge in [-0.15, -0.1) is 0 Å². The molecule has 0 unspecified atom stereocenters. The molecule has 4 nitrogen and oxygen atoms in total. The van der Waals surface area contributed by atoms with E-state index in [1.807, 2.05) is 24.3 Å². The van der Waals surface area contributed by atoms with Crippen molar-refractivity contribution in [2.75, 3.05) is 17.6 Å². The Labute approximate surface area is 88.1 Å². The molecular weight excluding hydrogens is 190 g/mol. The first kappa shape index (κ1) is 9.58. The Hall–Kier alpha value is -1.97. The molecule has 0 saturated carbocycles. The summed E-state index contributed by atoms with van der Waals surface area (Å²) in [5, 5.41) is 3.16. The van der Waals surface area contributed by atoms with Crippen LogP contribution in [0.5, 0.6) is 0 Å². The monoisotopic (exact) mass is 203 g/mol. The molecule has 2 rings (SSSR count). The maximum Gasteiger partial charge on any atom is 0.149 e. The minimum Gasteiger partial charge on any atom is -0.469 e. The molecule has 0 amide bonds. The second kappa shape index (κ2) is 4.50. The summed E-state index contributed by atoms with van der Waals surface area (Å²) in [5.74, 6) is 1.68. The van der Waals surface area contributed by atoms with E-state index in [1.54, 1.807) is 12.5 Å². The first-order valence-electron chi connectivity index (χ1n) is 4.83. The fourth-order valence-corrected chi connectivity index (χ4v) is 1.32. The van der Waals surface area contributed by atoms with Crippen molar-refractivity contribution in [3.8, 4) is 0 Å². The molecule has 0 fully saturated rings. The van der Waals surface area contributed by atoms with Crippen LogP contribution in [-0.2, 0) is 6.42 Å². The minimum absolute atomic E-state index is 0.664. The van der Waals surface area contributed by atoms with Crippen molar-refractivity contribution in [2.45, 2.75) is 6.42 Å². The molecule has 2 aromatic rings. The van der Waals surface area contributed by atoms with E-state index in [-0.39, 0.29) is 0 Å². The van der Waals surface area contributed by atoms with Gasteiger partial charge in [-0.1, -0.05) is 0 Å². The van der Waals surface area contributed by atoms with E-state index in [0.29, 0.717) is 5.69 Å². The Kier molecular flexibility index (Phi) is 2.88. The molecular formula is C11H13N3O. The summed E-state index contributed by atoms with van der Waals surface area (Å²) in [6.45, 7) is 0.759. The molecule has 0 saturated heterocycles. The molecule has 0 bridgehead atoms. The number of nitrogens with one attached hydrogen (secondary N) is 1. The highest BCUT2D eigenvalue weighted by molar-refractivity contribution is 5.60. The zero-order valence-corrected chi connectivity index (χ0v) is 8.31. The second-order valence-corrected chi connectivity index (χ2v) is 3.20. The van der Waals surface area contributed by atoms with E-state index >= 15 is 0 Å². The molecule has 0 aromatic carbocycles. The Morgan fingerprint density at radius 3 is 3.00 bits per heavy atom. The lowest BCUT2D eigenvalue weighted by molar-refractivity contribution is 0.513. The third-order valence-corrected chi connectivity index (χ3v) is 2.08. The molecule has 15 heavy (non-hydrogen) atoms. The first-order chi connectivity index (χ1) is 7.36. The van der Waals surface area contributed by atoms with Crippen LogP contribution in [0.3, 0.4) is 0 Å². The zero-order chi connectivity index (χ0) is 10.5. The number of aromatic nitrogens is 1. The van der Waals surface area contributed by atoms with Crippen LogP contribution < -0.4 is 11.1 Å². The zero-order valence-electron chi connectivity index (χ0n) is 8.31. The average molecular weight is 203 g/mol. The number of hydrogen-bond donors (Lipinski definition) is 2. The van der Waals surface area contributed by atoms with Gasteiger partial charge in [0.25, 0.3) is 0 Å². The molecule has 0 aliphatic heterocycles. The number of nitrogens with zero attached hydrogens (tertiary/aromatic N) is 1. The van der Waals surface area contributed by atoms with Gasteiger partial charge in [0.1, 0.15) is 11.6 Å². The predicted octanol–water partition coefficient (Wildman–Crippen LogP) is 1.91. The van der Waals surface area contributed by atoms with Crippen molar-refractivity contribution in [1.29, 1.82) is 0 Å². The smallest absolute Gasteiger partial charge is 0.149 e. The van der Waals surface area contributed by atoms with Crippen molar-refractivity contribution in [3.05, 3.63) is 42.5 Å². The van der Waals surface area contributed by atoms with Gasteiger partial charge < -0.3 is 15.5 Å². The third-order valence-electron chi connectivity index (χ3n) is 2.08. The van der Waals surface area contributed by atoms with Crippen LogP contribution in [0.15, 0.2) is 41.1 Å². The van der Waals surface area contributed by atoms with Crippen LogP contribution in [0.1, 0.15) is 5.76 Å². The summed E-state index contributed by atoms with van der Waals surface area (Å²) in [6, 6.07) is 7.46. The number of furan rings is 1. The molecule has 0 atom stereocenters. The molecule has 78 valence electrons. The Morgan fingerprint density at radius 1 is 1.33 bits per heavy atom. The van der Waals surface area contributed by atoms with E-state index in [9.17, 15) is 0 Å². The summed E-state index contributed by atoms with van der Waals surface area (Å²) in [7, 11) is 0. The van der Waals surface area contributed by atoms with Crippen LogP contribution in [0.4, 0.5) is 11.5 Å². The highest BCUT2D eigenvalue weighted by Gasteiger charge is 1.99.